The van der Waals surface area contributed by atoms with Gasteiger partial charge in [0, 0.05) is 29.0 Å². The molecule has 1 N–H and O–H groups in total. The topological polar surface area (TPSA) is 78.8 Å². The Bertz CT molecular complexity index is 1130. The molecule has 8 heteroatoms. The van der Waals surface area contributed by atoms with Crippen molar-refractivity contribution < 1.29 is 19.0 Å². The van der Waals surface area contributed by atoms with Crippen molar-refractivity contribution in [1.82, 2.24) is 9.88 Å². The molecule has 0 saturated heterocycles. The van der Waals surface area contributed by atoms with E-state index >= 15 is 0 Å². The van der Waals surface area contributed by atoms with E-state index in [2.05, 4.69) is 5.32 Å². The van der Waals surface area contributed by atoms with Gasteiger partial charge in [0.2, 0.25) is 18.1 Å². The van der Waals surface area contributed by atoms with E-state index < -0.39 is 0 Å². The normalized spacial score (nSPS) is 11.9. The summed E-state index contributed by atoms with van der Waals surface area (Å²) in [7, 11) is 1.44. The van der Waals surface area contributed by atoms with Crippen molar-refractivity contribution in [2.24, 2.45) is 0 Å². The number of nitrogens with one attached hydrogen (secondary N) is 1. The summed E-state index contributed by atoms with van der Waals surface area (Å²) in [5, 5.41) is 2.91. The number of aromatic nitrogens is 1. The minimum atomic E-state index is -0.205. The molecule has 2 heterocycles. The Labute approximate surface area is 183 Å². The summed E-state index contributed by atoms with van der Waals surface area (Å²) in [6, 6.07) is 17.0. The number of hydrogen-bond donors (Lipinski definition) is 1. The summed E-state index contributed by atoms with van der Waals surface area (Å²) >= 11 is 1.60. The fourth-order valence-electron chi connectivity index (χ4n) is 3.15. The van der Waals surface area contributed by atoms with Gasteiger partial charge in [-0.1, -0.05) is 24.3 Å². The van der Waals surface area contributed by atoms with Gasteiger partial charge in [0.1, 0.15) is 6.54 Å². The quantitative estimate of drug-likeness (QED) is 0.544. The SMILES string of the molecule is COc1cn(CC(=O)NCc2ccc3c(c2)OCO3)c(CSc2ccccc2)cc1=O. The number of carbonyl (C=O) groups is 1. The summed E-state index contributed by atoms with van der Waals surface area (Å²) in [4.78, 5) is 26.0. The van der Waals surface area contributed by atoms with Gasteiger partial charge in [0.15, 0.2) is 17.2 Å². The fourth-order valence-corrected chi connectivity index (χ4v) is 4.07. The Hall–Kier alpha value is -3.39. The van der Waals surface area contributed by atoms with Gasteiger partial charge in [-0.25, -0.2) is 0 Å². The number of fused-ring (bicyclic) bond motifs is 1. The Kier molecular flexibility index (Phi) is 6.47. The average Bonchev–Trinajstić information content (AvgIpc) is 3.26. The number of carbonyl (C=O) groups excluding carboxylic acids is 1. The molecule has 0 bridgehead atoms. The summed E-state index contributed by atoms with van der Waals surface area (Å²) in [6.07, 6.45) is 1.59. The molecule has 4 rings (SSSR count). The molecule has 31 heavy (non-hydrogen) atoms. The number of methoxy groups -OCH3 is 1. The van der Waals surface area contributed by atoms with E-state index in [1.165, 1.54) is 13.2 Å². The van der Waals surface area contributed by atoms with E-state index in [9.17, 15) is 9.59 Å². The van der Waals surface area contributed by atoms with E-state index in [1.807, 2.05) is 48.5 Å². The number of pyridine rings is 1. The first-order valence-electron chi connectivity index (χ1n) is 9.73. The van der Waals surface area contributed by atoms with Crippen LogP contribution in [0.5, 0.6) is 17.2 Å². The first kappa shape index (κ1) is 20.9. The van der Waals surface area contributed by atoms with Crippen molar-refractivity contribution in [2.75, 3.05) is 13.9 Å². The monoisotopic (exact) mass is 438 g/mol. The van der Waals surface area contributed by atoms with Gasteiger partial charge < -0.3 is 24.1 Å². The Balaban J connectivity index is 1.44. The van der Waals surface area contributed by atoms with Crippen LogP contribution in [0, 0.1) is 0 Å². The van der Waals surface area contributed by atoms with Crippen molar-refractivity contribution in [1.29, 1.82) is 0 Å². The van der Waals surface area contributed by atoms with Crippen molar-refractivity contribution >= 4 is 17.7 Å². The highest BCUT2D eigenvalue weighted by Gasteiger charge is 2.14. The zero-order chi connectivity index (χ0) is 21.6. The van der Waals surface area contributed by atoms with Crippen LogP contribution in [0.4, 0.5) is 0 Å². The lowest BCUT2D eigenvalue weighted by molar-refractivity contribution is -0.121. The molecule has 0 saturated carbocycles. The van der Waals surface area contributed by atoms with E-state index in [0.29, 0.717) is 23.8 Å². The molecule has 0 fully saturated rings. The molecular weight excluding hydrogens is 416 g/mol. The molecule has 0 radical (unpaired) electrons. The summed E-state index contributed by atoms with van der Waals surface area (Å²) < 4.78 is 17.6. The van der Waals surface area contributed by atoms with E-state index in [0.717, 1.165) is 16.2 Å². The number of amides is 1. The molecule has 1 aromatic heterocycles. The molecule has 0 atom stereocenters. The third-order valence-corrected chi connectivity index (χ3v) is 5.82. The van der Waals surface area contributed by atoms with Crippen LogP contribution in [0.15, 0.2) is 70.5 Å². The van der Waals surface area contributed by atoms with Crippen molar-refractivity contribution in [3.8, 4) is 17.2 Å². The summed E-state index contributed by atoms with van der Waals surface area (Å²) in [5.41, 5.74) is 1.45. The second-order valence-electron chi connectivity index (χ2n) is 6.89. The first-order chi connectivity index (χ1) is 15.1. The molecule has 0 aliphatic carbocycles. The third-order valence-electron chi connectivity index (χ3n) is 4.77. The number of thioether (sulfide) groups is 1. The van der Waals surface area contributed by atoms with Crippen LogP contribution in [0.3, 0.4) is 0 Å². The van der Waals surface area contributed by atoms with Crippen molar-refractivity contribution in [3.63, 3.8) is 0 Å². The largest absolute Gasteiger partial charge is 0.491 e. The minimum Gasteiger partial charge on any atom is -0.491 e. The lowest BCUT2D eigenvalue weighted by Gasteiger charge is -2.15. The lowest BCUT2D eigenvalue weighted by atomic mass is 10.2. The van der Waals surface area contributed by atoms with Crippen LogP contribution in [0.25, 0.3) is 0 Å². The standard InChI is InChI=1S/C23H22N2O5S/c1-28-22-12-25(17(10-19(22)26)14-31-18-5-3-2-4-6-18)13-23(27)24-11-16-7-8-20-21(9-16)30-15-29-20/h2-10,12H,11,13-15H2,1H3,(H,24,27). The molecule has 160 valence electrons. The molecule has 0 spiro atoms. The second kappa shape index (κ2) is 9.61. The number of benzene rings is 2. The first-order valence-corrected chi connectivity index (χ1v) is 10.7. The van der Waals surface area contributed by atoms with Crippen LogP contribution in [0.1, 0.15) is 11.3 Å². The fraction of sp³-hybridized carbons (Fsp3) is 0.217. The molecule has 3 aromatic rings. The van der Waals surface area contributed by atoms with Gasteiger partial charge in [0.05, 0.1) is 13.3 Å². The van der Waals surface area contributed by atoms with E-state index in [4.69, 9.17) is 14.2 Å². The van der Waals surface area contributed by atoms with Crippen LogP contribution in [-0.4, -0.2) is 24.4 Å². The Morgan fingerprint density at radius 3 is 2.74 bits per heavy atom. The lowest BCUT2D eigenvalue weighted by Crippen LogP contribution is -2.28. The van der Waals surface area contributed by atoms with Gasteiger partial charge in [0.25, 0.3) is 0 Å². The molecule has 1 amide bonds. The maximum Gasteiger partial charge on any atom is 0.240 e. The number of ether oxygens (including phenoxy) is 3. The molecule has 1 aliphatic heterocycles. The Morgan fingerprint density at radius 2 is 1.94 bits per heavy atom. The summed E-state index contributed by atoms with van der Waals surface area (Å²) in [5.74, 6) is 1.97. The molecule has 7 nitrogen and oxygen atoms in total. The highest BCUT2D eigenvalue weighted by molar-refractivity contribution is 7.98. The van der Waals surface area contributed by atoms with Gasteiger partial charge in [-0.3, -0.25) is 9.59 Å². The maximum absolute atomic E-state index is 12.6. The predicted molar refractivity (Wildman–Crippen MR) is 118 cm³/mol. The zero-order valence-electron chi connectivity index (χ0n) is 17.0. The highest BCUT2D eigenvalue weighted by atomic mass is 32.2. The number of rotatable bonds is 8. The van der Waals surface area contributed by atoms with Crippen LogP contribution in [-0.2, 0) is 23.6 Å². The van der Waals surface area contributed by atoms with Crippen molar-refractivity contribution in [2.45, 2.75) is 23.7 Å². The molecule has 2 aromatic carbocycles. The third kappa shape index (κ3) is 5.21. The predicted octanol–water partition coefficient (Wildman–Crippen LogP) is 3.19. The highest BCUT2D eigenvalue weighted by Crippen LogP contribution is 2.32. The van der Waals surface area contributed by atoms with Crippen LogP contribution in [0.2, 0.25) is 0 Å². The van der Waals surface area contributed by atoms with Gasteiger partial charge in [-0.2, -0.15) is 0 Å². The Morgan fingerprint density at radius 1 is 1.13 bits per heavy atom. The van der Waals surface area contributed by atoms with E-state index in [1.54, 1.807) is 22.5 Å². The smallest absolute Gasteiger partial charge is 0.240 e. The van der Waals surface area contributed by atoms with Gasteiger partial charge in [-0.15, -0.1) is 11.8 Å². The average molecular weight is 439 g/mol. The van der Waals surface area contributed by atoms with Gasteiger partial charge >= 0.3 is 0 Å². The van der Waals surface area contributed by atoms with Crippen molar-refractivity contribution in [3.05, 3.63) is 82.3 Å². The number of hydrogen-bond acceptors (Lipinski definition) is 6. The zero-order valence-corrected chi connectivity index (χ0v) is 17.8. The van der Waals surface area contributed by atoms with E-state index in [-0.39, 0.29) is 30.4 Å². The minimum absolute atomic E-state index is 0.0753. The molecular formula is C23H22N2O5S. The maximum atomic E-state index is 12.6. The molecule has 1 aliphatic rings. The molecule has 0 unspecified atom stereocenters. The van der Waals surface area contributed by atoms with Gasteiger partial charge in [-0.05, 0) is 29.8 Å². The van der Waals surface area contributed by atoms with Crippen LogP contribution < -0.4 is 25.0 Å². The summed E-state index contributed by atoms with van der Waals surface area (Å²) in [6.45, 7) is 0.649. The number of nitrogens with zero attached hydrogens (tertiary/aromatic N) is 1. The second-order valence-corrected chi connectivity index (χ2v) is 7.94. The van der Waals surface area contributed by atoms with Crippen LogP contribution >= 0.6 is 11.8 Å².